The van der Waals surface area contributed by atoms with Gasteiger partial charge in [-0.15, -0.1) is 0 Å². The van der Waals surface area contributed by atoms with E-state index < -0.39 is 0 Å². The molecule has 0 aromatic heterocycles. The van der Waals surface area contributed by atoms with Gasteiger partial charge in [-0.05, 0) is 143 Å². The van der Waals surface area contributed by atoms with E-state index in [2.05, 4.69) is 226 Å². The Morgan fingerprint density at radius 1 is 0.356 bits per heavy atom. The van der Waals surface area contributed by atoms with Gasteiger partial charge in [0.15, 0.2) is 0 Å². The topological polar surface area (TPSA) is 6.48 Å². The summed E-state index contributed by atoms with van der Waals surface area (Å²) in [5.41, 5.74) is 21.2. The van der Waals surface area contributed by atoms with Crippen LogP contribution in [-0.4, -0.2) is 6.71 Å². The molecule has 2 aliphatic heterocycles. The van der Waals surface area contributed by atoms with Crippen LogP contribution < -0.4 is 26.2 Å². The van der Waals surface area contributed by atoms with Crippen LogP contribution in [0.25, 0.3) is 0 Å². The molecule has 0 atom stereocenters. The second-order valence-corrected chi connectivity index (χ2v) is 24.1. The minimum atomic E-state index is -0.0922. The van der Waals surface area contributed by atoms with E-state index in [1.165, 1.54) is 89.5 Å². The quantitative estimate of drug-likeness (QED) is 0.165. The summed E-state index contributed by atoms with van der Waals surface area (Å²) in [6.07, 6.45) is 0.987. The highest BCUT2D eigenvalue weighted by Gasteiger charge is 2.45. The minimum absolute atomic E-state index is 0.0106. The van der Waals surface area contributed by atoms with Crippen LogP contribution in [0.1, 0.15) is 170 Å². The molecule has 5 aromatic carbocycles. The van der Waals surface area contributed by atoms with E-state index in [-0.39, 0.29) is 39.2 Å². The van der Waals surface area contributed by atoms with Gasteiger partial charge in [-0.3, -0.25) is 0 Å². The van der Waals surface area contributed by atoms with Crippen molar-refractivity contribution in [3.8, 4) is 0 Å². The van der Waals surface area contributed by atoms with Crippen molar-refractivity contribution in [3.63, 3.8) is 0 Å². The number of fused-ring (bicyclic) bond motifs is 4. The van der Waals surface area contributed by atoms with Crippen LogP contribution in [0.3, 0.4) is 0 Å². The van der Waals surface area contributed by atoms with Crippen molar-refractivity contribution in [2.75, 3.05) is 9.80 Å². The van der Waals surface area contributed by atoms with Crippen molar-refractivity contribution >= 4 is 57.2 Å². The molecular weight excluding hydrogens is 711 g/mol. The highest BCUT2D eigenvalue weighted by atomic mass is 15.2. The molecule has 0 unspecified atom stereocenters. The highest BCUT2D eigenvalue weighted by molar-refractivity contribution is 7.00. The molecule has 0 amide bonds. The zero-order chi connectivity index (χ0) is 43.6. The Kier molecular flexibility index (Phi) is 10.1. The molecule has 0 radical (unpaired) electrons. The smallest absolute Gasteiger partial charge is 0.252 e. The molecule has 7 rings (SSSR count). The molecule has 0 spiro atoms. The zero-order valence-electron chi connectivity index (χ0n) is 40.3. The fourth-order valence-electron chi connectivity index (χ4n) is 8.92. The third-order valence-corrected chi connectivity index (χ3v) is 13.1. The molecule has 0 N–H and O–H groups in total. The molecular formula is C56H73BN2. The second kappa shape index (κ2) is 13.9. The minimum Gasteiger partial charge on any atom is -0.311 e. The van der Waals surface area contributed by atoms with Gasteiger partial charge in [-0.2, -0.15) is 0 Å². The number of hydrogen-bond donors (Lipinski definition) is 0. The van der Waals surface area contributed by atoms with E-state index >= 15 is 0 Å². The first kappa shape index (κ1) is 42.9. The molecule has 310 valence electrons. The first-order valence-electron chi connectivity index (χ1n) is 22.4. The third-order valence-electron chi connectivity index (χ3n) is 13.1. The Balaban J connectivity index is 1.68. The molecule has 0 aliphatic carbocycles. The van der Waals surface area contributed by atoms with Crippen LogP contribution in [0.2, 0.25) is 0 Å². The lowest BCUT2D eigenvalue weighted by Crippen LogP contribution is -2.61. The monoisotopic (exact) mass is 785 g/mol. The molecule has 2 aliphatic rings. The lowest BCUT2D eigenvalue weighted by atomic mass is 9.33. The molecule has 2 nitrogen and oxygen atoms in total. The van der Waals surface area contributed by atoms with Crippen molar-refractivity contribution in [1.82, 2.24) is 0 Å². The van der Waals surface area contributed by atoms with Gasteiger partial charge >= 0.3 is 0 Å². The van der Waals surface area contributed by atoms with E-state index in [9.17, 15) is 0 Å². The summed E-state index contributed by atoms with van der Waals surface area (Å²) in [4.78, 5) is 5.32. The van der Waals surface area contributed by atoms with E-state index in [1.807, 2.05) is 0 Å². The Labute approximate surface area is 359 Å². The summed E-state index contributed by atoms with van der Waals surface area (Å²) in [7, 11) is 0. The Hall–Kier alpha value is -4.24. The first-order valence-corrected chi connectivity index (χ1v) is 22.4. The molecule has 0 fully saturated rings. The maximum atomic E-state index is 2.66. The van der Waals surface area contributed by atoms with Gasteiger partial charge in [0.1, 0.15) is 0 Å². The standard InChI is InChI=1S/C56H73BN2/c1-20-35-21-23-44-46(25-35)58(42-28-37(52(5,6)7)26-38(29-42)53(8,9)10)48-33-41(56(17,18)19)34-49-50(48)57(44)45-24-22-36(51(2,3)4)32-47(45)59(49)43-30-39(54(11,12)13)27-40(31-43)55(14,15)16/h21-34H,20H2,1-19H3. The summed E-state index contributed by atoms with van der Waals surface area (Å²) < 4.78 is 0. The summed E-state index contributed by atoms with van der Waals surface area (Å²) >= 11 is 0. The second-order valence-electron chi connectivity index (χ2n) is 24.1. The van der Waals surface area contributed by atoms with Crippen LogP contribution in [-0.2, 0) is 38.9 Å². The van der Waals surface area contributed by atoms with Crippen molar-refractivity contribution in [3.05, 3.63) is 124 Å². The average Bonchev–Trinajstić information content (AvgIpc) is 3.11. The number of anilines is 6. The highest BCUT2D eigenvalue weighted by Crippen LogP contribution is 2.49. The van der Waals surface area contributed by atoms with Crippen LogP contribution in [0, 0.1) is 0 Å². The Morgan fingerprint density at radius 3 is 1.03 bits per heavy atom. The van der Waals surface area contributed by atoms with Crippen molar-refractivity contribution < 1.29 is 0 Å². The van der Waals surface area contributed by atoms with Gasteiger partial charge < -0.3 is 9.80 Å². The first-order chi connectivity index (χ1) is 27.0. The third kappa shape index (κ3) is 7.82. The molecule has 0 saturated heterocycles. The molecule has 59 heavy (non-hydrogen) atoms. The van der Waals surface area contributed by atoms with Crippen molar-refractivity contribution in [1.29, 1.82) is 0 Å². The lowest BCUT2D eigenvalue weighted by Gasteiger charge is -2.46. The fraction of sp³-hybridized carbons (Fsp3) is 0.464. The van der Waals surface area contributed by atoms with Crippen LogP contribution >= 0.6 is 0 Å². The van der Waals surface area contributed by atoms with Gasteiger partial charge in [0.25, 0.3) is 6.71 Å². The van der Waals surface area contributed by atoms with Gasteiger partial charge in [0.05, 0.1) is 0 Å². The van der Waals surface area contributed by atoms with Crippen LogP contribution in [0.5, 0.6) is 0 Å². The Bertz CT molecular complexity index is 2380. The predicted octanol–water partition coefficient (Wildman–Crippen LogP) is 14.1. The molecule has 2 heterocycles. The largest absolute Gasteiger partial charge is 0.311 e. The Morgan fingerprint density at radius 2 is 0.678 bits per heavy atom. The fourth-order valence-corrected chi connectivity index (χ4v) is 8.92. The number of hydrogen-bond acceptors (Lipinski definition) is 2. The maximum absolute atomic E-state index is 2.66. The number of aryl methyl sites for hydroxylation is 1. The van der Waals surface area contributed by atoms with Gasteiger partial charge in [0.2, 0.25) is 0 Å². The van der Waals surface area contributed by atoms with E-state index in [0.717, 1.165) is 6.42 Å². The average molecular weight is 785 g/mol. The molecule has 0 saturated carbocycles. The van der Waals surface area contributed by atoms with Crippen LogP contribution in [0.15, 0.2) is 84.9 Å². The van der Waals surface area contributed by atoms with Gasteiger partial charge in [-0.25, -0.2) is 0 Å². The van der Waals surface area contributed by atoms with Gasteiger partial charge in [-0.1, -0.05) is 168 Å². The summed E-state index contributed by atoms with van der Waals surface area (Å²) in [5.74, 6) is 0. The number of benzene rings is 5. The maximum Gasteiger partial charge on any atom is 0.252 e. The molecule has 3 heteroatoms. The predicted molar refractivity (Wildman–Crippen MR) is 262 cm³/mol. The van der Waals surface area contributed by atoms with E-state index in [4.69, 9.17) is 0 Å². The normalized spacial score (nSPS) is 14.7. The van der Waals surface area contributed by atoms with Crippen molar-refractivity contribution in [2.45, 2.75) is 170 Å². The number of nitrogens with zero attached hydrogens (tertiary/aromatic N) is 2. The summed E-state index contributed by atoms with van der Waals surface area (Å²) in [6, 6.07) is 34.7. The van der Waals surface area contributed by atoms with E-state index in [1.54, 1.807) is 0 Å². The molecule has 0 bridgehead atoms. The zero-order valence-corrected chi connectivity index (χ0v) is 40.3. The van der Waals surface area contributed by atoms with Crippen molar-refractivity contribution in [2.24, 2.45) is 0 Å². The summed E-state index contributed by atoms with van der Waals surface area (Å²) in [6.45, 7) is 44.8. The number of rotatable bonds is 3. The van der Waals surface area contributed by atoms with Crippen LogP contribution in [0.4, 0.5) is 34.1 Å². The molecule has 5 aromatic rings. The summed E-state index contributed by atoms with van der Waals surface area (Å²) in [5, 5.41) is 0. The van der Waals surface area contributed by atoms with Gasteiger partial charge in [0, 0.05) is 34.1 Å². The SMILES string of the molecule is CCc1ccc2c(c1)N(c1cc(C(C)(C)C)cc(C(C)(C)C)c1)c1cc(C(C)(C)C)cc3c1B2c1ccc(C(C)(C)C)cc1N3c1cc(C(C)(C)C)cc(C(C)(C)C)c1. The van der Waals surface area contributed by atoms with E-state index in [0.29, 0.717) is 0 Å². The lowest BCUT2D eigenvalue weighted by molar-refractivity contribution is 0.568.